The number of hydrogen-bond donors (Lipinski definition) is 0. The number of hydrogen-bond acceptors (Lipinski definition) is 3. The number of nitrogens with zero attached hydrogens (tertiary/aromatic N) is 3. The summed E-state index contributed by atoms with van der Waals surface area (Å²) >= 11 is 3.52. The van der Waals surface area contributed by atoms with E-state index in [-0.39, 0.29) is 0 Å². The van der Waals surface area contributed by atoms with Crippen LogP contribution in [-0.2, 0) is 0 Å². The molecular weight excluding hydrogens is 302 g/mol. The summed E-state index contributed by atoms with van der Waals surface area (Å²) in [5.41, 5.74) is 0. The van der Waals surface area contributed by atoms with E-state index in [1.807, 2.05) is 0 Å². The molecule has 1 aromatic rings. The van der Waals surface area contributed by atoms with E-state index in [4.69, 9.17) is 4.98 Å². The van der Waals surface area contributed by atoms with Crippen molar-refractivity contribution in [3.05, 3.63) is 16.5 Å². The predicted octanol–water partition coefficient (Wildman–Crippen LogP) is 4.38. The third-order valence-electron chi connectivity index (χ3n) is 3.44. The number of anilines is 1. The first-order valence-electron chi connectivity index (χ1n) is 7.28. The Labute approximate surface area is 125 Å². The molecule has 0 aromatic carbocycles. The second-order valence-corrected chi connectivity index (χ2v) is 6.98. The van der Waals surface area contributed by atoms with Gasteiger partial charge in [-0.1, -0.05) is 27.7 Å². The SMILES string of the molecule is CC(C)CCN(c1cc(Br)nc(C(C)C)n1)C1CC1. The van der Waals surface area contributed by atoms with E-state index in [0.717, 1.165) is 28.7 Å². The summed E-state index contributed by atoms with van der Waals surface area (Å²) in [5, 5.41) is 0. The minimum Gasteiger partial charge on any atom is -0.353 e. The monoisotopic (exact) mass is 325 g/mol. The summed E-state index contributed by atoms with van der Waals surface area (Å²) in [6.45, 7) is 9.94. The molecule has 1 aromatic heterocycles. The lowest BCUT2D eigenvalue weighted by molar-refractivity contribution is 0.567. The van der Waals surface area contributed by atoms with Crippen molar-refractivity contribution in [1.82, 2.24) is 9.97 Å². The number of aromatic nitrogens is 2. The highest BCUT2D eigenvalue weighted by molar-refractivity contribution is 9.10. The van der Waals surface area contributed by atoms with Crippen molar-refractivity contribution >= 4 is 21.7 Å². The van der Waals surface area contributed by atoms with Gasteiger partial charge in [-0.15, -0.1) is 0 Å². The molecule has 0 aliphatic heterocycles. The van der Waals surface area contributed by atoms with Gasteiger partial charge in [-0.3, -0.25) is 0 Å². The lowest BCUT2D eigenvalue weighted by Crippen LogP contribution is -2.29. The zero-order valence-corrected chi connectivity index (χ0v) is 13.9. The molecule has 1 saturated carbocycles. The van der Waals surface area contributed by atoms with Crippen LogP contribution in [0.3, 0.4) is 0 Å². The zero-order chi connectivity index (χ0) is 14.0. The maximum absolute atomic E-state index is 4.76. The van der Waals surface area contributed by atoms with Crippen molar-refractivity contribution in [2.45, 2.75) is 58.9 Å². The molecule has 1 aliphatic carbocycles. The summed E-state index contributed by atoms with van der Waals surface area (Å²) in [4.78, 5) is 11.7. The van der Waals surface area contributed by atoms with E-state index in [0.29, 0.717) is 12.0 Å². The van der Waals surface area contributed by atoms with Crippen LogP contribution >= 0.6 is 15.9 Å². The molecule has 4 heteroatoms. The van der Waals surface area contributed by atoms with Gasteiger partial charge in [0.2, 0.25) is 0 Å². The standard InChI is InChI=1S/C15H24BrN3/c1-10(2)7-8-19(12-5-6-12)14-9-13(16)17-15(18-14)11(3)4/h9-12H,5-8H2,1-4H3. The lowest BCUT2D eigenvalue weighted by atomic mass is 10.1. The second kappa shape index (κ2) is 6.21. The molecule has 1 fully saturated rings. The van der Waals surface area contributed by atoms with Crippen LogP contribution in [0.15, 0.2) is 10.7 Å². The molecule has 0 radical (unpaired) electrons. The third-order valence-corrected chi connectivity index (χ3v) is 3.85. The molecule has 3 nitrogen and oxygen atoms in total. The van der Waals surface area contributed by atoms with Crippen molar-refractivity contribution in [1.29, 1.82) is 0 Å². The van der Waals surface area contributed by atoms with Crippen molar-refractivity contribution in [3.63, 3.8) is 0 Å². The molecule has 1 heterocycles. The fourth-order valence-corrected chi connectivity index (χ4v) is 2.48. The van der Waals surface area contributed by atoms with E-state index >= 15 is 0 Å². The quantitative estimate of drug-likeness (QED) is 0.727. The van der Waals surface area contributed by atoms with Crippen LogP contribution in [0, 0.1) is 5.92 Å². The molecule has 0 saturated heterocycles. The van der Waals surface area contributed by atoms with Gasteiger partial charge in [0.15, 0.2) is 0 Å². The maximum Gasteiger partial charge on any atom is 0.134 e. The molecule has 0 bridgehead atoms. The van der Waals surface area contributed by atoms with Gasteiger partial charge in [0.25, 0.3) is 0 Å². The van der Waals surface area contributed by atoms with Crippen molar-refractivity contribution in [2.75, 3.05) is 11.4 Å². The molecule has 0 spiro atoms. The Morgan fingerprint density at radius 2 is 1.95 bits per heavy atom. The topological polar surface area (TPSA) is 29.0 Å². The van der Waals surface area contributed by atoms with E-state index < -0.39 is 0 Å². The van der Waals surface area contributed by atoms with Crippen molar-refractivity contribution in [3.8, 4) is 0 Å². The maximum atomic E-state index is 4.76. The second-order valence-electron chi connectivity index (χ2n) is 6.17. The predicted molar refractivity (Wildman–Crippen MR) is 83.6 cm³/mol. The van der Waals surface area contributed by atoms with Gasteiger partial charge >= 0.3 is 0 Å². The van der Waals surface area contributed by atoms with Crippen LogP contribution in [0.1, 0.15) is 58.7 Å². The van der Waals surface area contributed by atoms with Crippen LogP contribution in [0.4, 0.5) is 5.82 Å². The first-order valence-corrected chi connectivity index (χ1v) is 8.07. The van der Waals surface area contributed by atoms with Gasteiger partial charge in [-0.25, -0.2) is 9.97 Å². The van der Waals surface area contributed by atoms with Crippen LogP contribution in [0.25, 0.3) is 0 Å². The average molecular weight is 326 g/mol. The lowest BCUT2D eigenvalue weighted by Gasteiger charge is -2.25. The van der Waals surface area contributed by atoms with E-state index in [1.54, 1.807) is 0 Å². The first-order chi connectivity index (χ1) is 8.97. The highest BCUT2D eigenvalue weighted by atomic mass is 79.9. The summed E-state index contributed by atoms with van der Waals surface area (Å²) in [7, 11) is 0. The molecule has 106 valence electrons. The summed E-state index contributed by atoms with van der Waals surface area (Å²) in [6.07, 6.45) is 3.82. The van der Waals surface area contributed by atoms with Gasteiger partial charge in [-0.05, 0) is 41.1 Å². The van der Waals surface area contributed by atoms with Gasteiger partial charge < -0.3 is 4.90 Å². The Balaban J connectivity index is 2.20. The van der Waals surface area contributed by atoms with Gasteiger partial charge in [-0.2, -0.15) is 0 Å². The molecule has 1 aliphatic rings. The minimum absolute atomic E-state index is 0.363. The fraction of sp³-hybridized carbons (Fsp3) is 0.733. The molecular formula is C15H24BrN3. The Kier molecular flexibility index (Phi) is 4.82. The molecule has 0 N–H and O–H groups in total. The van der Waals surface area contributed by atoms with Gasteiger partial charge in [0, 0.05) is 24.6 Å². The van der Waals surface area contributed by atoms with Crippen LogP contribution in [0.2, 0.25) is 0 Å². The normalized spacial score (nSPS) is 15.3. The smallest absolute Gasteiger partial charge is 0.134 e. The molecule has 0 atom stereocenters. The first kappa shape index (κ1) is 14.8. The van der Waals surface area contributed by atoms with Crippen LogP contribution < -0.4 is 4.90 Å². The Morgan fingerprint density at radius 1 is 1.26 bits per heavy atom. The Hall–Kier alpha value is -0.640. The van der Waals surface area contributed by atoms with Gasteiger partial charge in [0.1, 0.15) is 16.2 Å². The number of halogens is 1. The Morgan fingerprint density at radius 3 is 2.47 bits per heavy atom. The molecule has 0 amide bonds. The van der Waals surface area contributed by atoms with E-state index in [1.165, 1.54) is 19.3 Å². The van der Waals surface area contributed by atoms with Gasteiger partial charge in [0.05, 0.1) is 0 Å². The van der Waals surface area contributed by atoms with Crippen molar-refractivity contribution in [2.24, 2.45) is 5.92 Å². The highest BCUT2D eigenvalue weighted by Gasteiger charge is 2.30. The summed E-state index contributed by atoms with van der Waals surface area (Å²) in [5.74, 6) is 3.12. The van der Waals surface area contributed by atoms with Crippen LogP contribution in [-0.4, -0.2) is 22.6 Å². The summed E-state index contributed by atoms with van der Waals surface area (Å²) < 4.78 is 0.899. The minimum atomic E-state index is 0.363. The Bertz CT molecular complexity index is 427. The highest BCUT2D eigenvalue weighted by Crippen LogP contribution is 2.32. The number of rotatable bonds is 6. The molecule has 0 unspecified atom stereocenters. The van der Waals surface area contributed by atoms with Crippen molar-refractivity contribution < 1.29 is 0 Å². The zero-order valence-electron chi connectivity index (χ0n) is 12.4. The van der Waals surface area contributed by atoms with Crippen LogP contribution in [0.5, 0.6) is 0 Å². The molecule has 2 rings (SSSR count). The van der Waals surface area contributed by atoms with E-state index in [2.05, 4.69) is 59.6 Å². The fourth-order valence-electron chi connectivity index (χ4n) is 2.10. The third kappa shape index (κ3) is 4.16. The summed E-state index contributed by atoms with van der Waals surface area (Å²) in [6, 6.07) is 2.76. The largest absolute Gasteiger partial charge is 0.353 e. The molecule has 19 heavy (non-hydrogen) atoms. The van der Waals surface area contributed by atoms with E-state index in [9.17, 15) is 0 Å². The average Bonchev–Trinajstić information content (AvgIpc) is 3.12.